The van der Waals surface area contributed by atoms with Crippen LogP contribution in [0, 0.1) is 10.1 Å². The first-order valence-electron chi connectivity index (χ1n) is 12.5. The van der Waals surface area contributed by atoms with Crippen molar-refractivity contribution >= 4 is 33.2 Å². The number of hydrogen-bond acceptors (Lipinski definition) is 6. The highest BCUT2D eigenvalue weighted by Gasteiger charge is 2.33. The van der Waals surface area contributed by atoms with Crippen LogP contribution in [0.2, 0.25) is 0 Å². The van der Waals surface area contributed by atoms with Crippen LogP contribution in [-0.4, -0.2) is 48.7 Å². The van der Waals surface area contributed by atoms with Crippen molar-refractivity contribution in [2.75, 3.05) is 10.8 Å². The number of nitro benzene ring substituents is 1. The Bertz CT molecular complexity index is 1380. The van der Waals surface area contributed by atoms with Gasteiger partial charge in [0.05, 0.1) is 15.5 Å². The predicted molar refractivity (Wildman–Crippen MR) is 148 cm³/mol. The standard InChI is InChI=1S/C28H32N4O6S/c1-4-21(2)29-28(34)22(3)30(19-23-11-7-5-8-12-23)27(33)20-31(24-15-17-25(18-16-24)32(35)36)39(37,38)26-13-9-6-10-14-26/h5-18,21-22H,4,19-20H2,1-3H3,(H,29,34)/t21-,22-/m1/s1. The highest BCUT2D eigenvalue weighted by molar-refractivity contribution is 7.92. The van der Waals surface area contributed by atoms with E-state index in [1.54, 1.807) is 25.1 Å². The summed E-state index contributed by atoms with van der Waals surface area (Å²) in [6.45, 7) is 4.84. The van der Waals surface area contributed by atoms with E-state index in [0.29, 0.717) is 6.42 Å². The molecule has 0 saturated heterocycles. The van der Waals surface area contributed by atoms with Crippen molar-refractivity contribution in [3.05, 3.63) is 101 Å². The third kappa shape index (κ3) is 7.41. The second kappa shape index (κ2) is 13.0. The molecule has 11 heteroatoms. The number of hydrogen-bond donors (Lipinski definition) is 1. The molecule has 1 N–H and O–H groups in total. The normalized spacial score (nSPS) is 12.7. The first-order valence-corrected chi connectivity index (χ1v) is 13.9. The van der Waals surface area contributed by atoms with E-state index in [-0.39, 0.29) is 34.8 Å². The van der Waals surface area contributed by atoms with Gasteiger partial charge in [-0.2, -0.15) is 0 Å². The number of carbonyl (C=O) groups is 2. The second-order valence-corrected chi connectivity index (χ2v) is 11.0. The Labute approximate surface area is 228 Å². The third-order valence-corrected chi connectivity index (χ3v) is 8.11. The minimum atomic E-state index is -4.24. The summed E-state index contributed by atoms with van der Waals surface area (Å²) in [4.78, 5) is 38.7. The Hall–Kier alpha value is -4.25. The molecule has 0 saturated carbocycles. The zero-order chi connectivity index (χ0) is 28.6. The van der Waals surface area contributed by atoms with Gasteiger partial charge >= 0.3 is 0 Å². The number of anilines is 1. The third-order valence-electron chi connectivity index (χ3n) is 6.32. The molecule has 3 rings (SSSR count). The number of non-ortho nitro benzene ring substituents is 1. The lowest BCUT2D eigenvalue weighted by molar-refractivity contribution is -0.384. The summed E-state index contributed by atoms with van der Waals surface area (Å²) in [5.41, 5.74) is 0.624. The topological polar surface area (TPSA) is 130 Å². The number of sulfonamides is 1. The van der Waals surface area contributed by atoms with Crippen LogP contribution in [0.25, 0.3) is 0 Å². The maximum atomic E-state index is 13.8. The van der Waals surface area contributed by atoms with E-state index in [0.717, 1.165) is 9.87 Å². The van der Waals surface area contributed by atoms with Gasteiger partial charge in [0.1, 0.15) is 12.6 Å². The van der Waals surface area contributed by atoms with Gasteiger partial charge in [-0.05, 0) is 50.1 Å². The number of amides is 2. The molecule has 0 aliphatic heterocycles. The minimum absolute atomic E-state index is 0.0478. The predicted octanol–water partition coefficient (Wildman–Crippen LogP) is 4.12. The lowest BCUT2D eigenvalue weighted by atomic mass is 10.1. The van der Waals surface area contributed by atoms with Gasteiger partial charge in [0, 0.05) is 24.7 Å². The number of nitrogens with zero attached hydrogens (tertiary/aromatic N) is 3. The quantitative estimate of drug-likeness (QED) is 0.266. The second-order valence-electron chi connectivity index (χ2n) is 9.10. The molecule has 3 aromatic rings. The molecule has 0 fully saturated rings. The van der Waals surface area contributed by atoms with Crippen molar-refractivity contribution in [1.29, 1.82) is 0 Å². The molecular formula is C28H32N4O6S. The van der Waals surface area contributed by atoms with Gasteiger partial charge < -0.3 is 10.2 Å². The summed E-state index contributed by atoms with van der Waals surface area (Å²) in [6, 6.07) is 20.6. The smallest absolute Gasteiger partial charge is 0.269 e. The van der Waals surface area contributed by atoms with E-state index in [4.69, 9.17) is 0 Å². The van der Waals surface area contributed by atoms with Crippen LogP contribution >= 0.6 is 0 Å². The molecule has 0 spiro atoms. The monoisotopic (exact) mass is 552 g/mol. The Morgan fingerprint density at radius 1 is 0.923 bits per heavy atom. The molecule has 0 heterocycles. The van der Waals surface area contributed by atoms with Crippen molar-refractivity contribution in [2.45, 2.75) is 50.7 Å². The summed E-state index contributed by atoms with van der Waals surface area (Å²) in [6.07, 6.45) is 0.703. The van der Waals surface area contributed by atoms with E-state index in [9.17, 15) is 28.1 Å². The molecule has 3 aromatic carbocycles. The zero-order valence-corrected chi connectivity index (χ0v) is 22.9. The van der Waals surface area contributed by atoms with Crippen molar-refractivity contribution in [3.63, 3.8) is 0 Å². The molecule has 206 valence electrons. The summed E-state index contributed by atoms with van der Waals surface area (Å²) < 4.78 is 28.3. The molecule has 10 nitrogen and oxygen atoms in total. The van der Waals surface area contributed by atoms with E-state index in [1.165, 1.54) is 41.3 Å². The Balaban J connectivity index is 2.02. The first kappa shape index (κ1) is 29.3. The minimum Gasteiger partial charge on any atom is -0.352 e. The molecule has 0 aliphatic rings. The van der Waals surface area contributed by atoms with E-state index in [1.807, 2.05) is 44.2 Å². The summed E-state index contributed by atoms with van der Waals surface area (Å²) in [7, 11) is -4.24. The highest BCUT2D eigenvalue weighted by Crippen LogP contribution is 2.26. The average molecular weight is 553 g/mol. The molecule has 0 bridgehead atoms. The zero-order valence-electron chi connectivity index (χ0n) is 22.1. The van der Waals surface area contributed by atoms with Gasteiger partial charge in [0.2, 0.25) is 11.8 Å². The SMILES string of the molecule is CC[C@@H](C)NC(=O)[C@@H](C)N(Cc1ccccc1)C(=O)CN(c1ccc([N+](=O)[O-])cc1)S(=O)(=O)c1ccccc1. The fourth-order valence-electron chi connectivity index (χ4n) is 3.82. The van der Waals surface area contributed by atoms with Crippen molar-refractivity contribution in [2.24, 2.45) is 0 Å². The fraction of sp³-hybridized carbons (Fsp3) is 0.286. The maximum Gasteiger partial charge on any atom is 0.269 e. The largest absolute Gasteiger partial charge is 0.352 e. The number of nitro groups is 1. The number of rotatable bonds is 12. The number of nitrogens with one attached hydrogen (secondary N) is 1. The summed E-state index contributed by atoms with van der Waals surface area (Å²) in [5.74, 6) is -0.968. The molecule has 0 unspecified atom stereocenters. The van der Waals surface area contributed by atoms with Crippen LogP contribution in [0.4, 0.5) is 11.4 Å². The Morgan fingerprint density at radius 3 is 2.03 bits per heavy atom. The fourth-order valence-corrected chi connectivity index (χ4v) is 5.25. The van der Waals surface area contributed by atoms with E-state index in [2.05, 4.69) is 5.32 Å². The van der Waals surface area contributed by atoms with Gasteiger partial charge in [0.25, 0.3) is 15.7 Å². The highest BCUT2D eigenvalue weighted by atomic mass is 32.2. The van der Waals surface area contributed by atoms with Crippen molar-refractivity contribution < 1.29 is 22.9 Å². The van der Waals surface area contributed by atoms with Crippen LogP contribution in [0.5, 0.6) is 0 Å². The molecule has 39 heavy (non-hydrogen) atoms. The maximum absolute atomic E-state index is 13.8. The molecule has 2 amide bonds. The lowest BCUT2D eigenvalue weighted by Crippen LogP contribution is -2.52. The van der Waals surface area contributed by atoms with Crippen LogP contribution in [-0.2, 0) is 26.2 Å². The van der Waals surface area contributed by atoms with Crippen LogP contribution < -0.4 is 9.62 Å². The van der Waals surface area contributed by atoms with E-state index < -0.39 is 33.4 Å². The lowest BCUT2D eigenvalue weighted by Gasteiger charge is -2.32. The average Bonchev–Trinajstić information content (AvgIpc) is 2.95. The first-order chi connectivity index (χ1) is 18.5. The van der Waals surface area contributed by atoms with Gasteiger partial charge in [-0.3, -0.25) is 24.0 Å². The number of benzene rings is 3. The molecule has 2 atom stereocenters. The molecule has 0 aromatic heterocycles. The molecule has 0 radical (unpaired) electrons. The molecular weight excluding hydrogens is 520 g/mol. The van der Waals surface area contributed by atoms with Gasteiger partial charge in [-0.25, -0.2) is 8.42 Å². The summed E-state index contributed by atoms with van der Waals surface area (Å²) >= 11 is 0. The van der Waals surface area contributed by atoms with Crippen LogP contribution in [0.15, 0.2) is 89.8 Å². The van der Waals surface area contributed by atoms with E-state index >= 15 is 0 Å². The van der Waals surface area contributed by atoms with Crippen molar-refractivity contribution in [1.82, 2.24) is 10.2 Å². The summed E-state index contributed by atoms with van der Waals surface area (Å²) in [5, 5.41) is 14.0. The van der Waals surface area contributed by atoms with Gasteiger partial charge in [-0.1, -0.05) is 55.5 Å². The number of carbonyl (C=O) groups excluding carboxylic acids is 2. The van der Waals surface area contributed by atoms with Crippen LogP contribution in [0.1, 0.15) is 32.8 Å². The van der Waals surface area contributed by atoms with Gasteiger partial charge in [-0.15, -0.1) is 0 Å². The Kier molecular flexibility index (Phi) is 9.78. The Morgan fingerprint density at radius 2 is 1.49 bits per heavy atom. The van der Waals surface area contributed by atoms with Crippen molar-refractivity contribution in [3.8, 4) is 0 Å². The molecule has 0 aliphatic carbocycles. The van der Waals surface area contributed by atoms with Gasteiger partial charge in [0.15, 0.2) is 0 Å². The van der Waals surface area contributed by atoms with Crippen LogP contribution in [0.3, 0.4) is 0 Å².